The summed E-state index contributed by atoms with van der Waals surface area (Å²) in [4.78, 5) is 2.76. The minimum absolute atomic E-state index is 0.595. The maximum Gasteiger partial charge on any atom is 0.0434 e. The topological polar surface area (TPSA) is 3.24 Å². The third-order valence-corrected chi connectivity index (χ3v) is 6.50. The molecule has 1 saturated carbocycles. The summed E-state index contributed by atoms with van der Waals surface area (Å²) in [6, 6.07) is 7.64. The number of allylic oxidation sites excluding steroid dienone is 1. The Morgan fingerprint density at radius 3 is 2.42 bits per heavy atom. The Balaban J connectivity index is 2.42. The van der Waals surface area contributed by atoms with Gasteiger partial charge in [-0.3, -0.25) is 0 Å². The lowest BCUT2D eigenvalue weighted by Crippen LogP contribution is -2.34. The molecule has 0 radical (unpaired) electrons. The van der Waals surface area contributed by atoms with Gasteiger partial charge in [0.2, 0.25) is 0 Å². The lowest BCUT2D eigenvalue weighted by molar-refractivity contribution is 0.277. The maximum absolute atomic E-state index is 2.76. The van der Waals surface area contributed by atoms with Crippen molar-refractivity contribution in [2.75, 3.05) is 6.54 Å². The van der Waals surface area contributed by atoms with E-state index >= 15 is 0 Å². The Morgan fingerprint density at radius 1 is 1.15 bits per heavy atom. The summed E-state index contributed by atoms with van der Waals surface area (Å²) in [5.41, 5.74) is 7.42. The zero-order valence-electron chi connectivity index (χ0n) is 18.2. The van der Waals surface area contributed by atoms with Crippen LogP contribution in [0.15, 0.2) is 23.8 Å². The normalized spacial score (nSPS) is 17.3. The SMILES string of the molecule is CC/C(C)=C(/c1cc(C)ccc1CC)N(CCC1CCCC1)C(C)CC. The molecule has 2 rings (SSSR count). The molecule has 1 fully saturated rings. The Hall–Kier alpha value is -1.24. The van der Waals surface area contributed by atoms with Crippen molar-refractivity contribution in [3.63, 3.8) is 0 Å². The molecule has 1 aliphatic carbocycles. The molecule has 0 aromatic heterocycles. The zero-order chi connectivity index (χ0) is 19.1. The average Bonchev–Trinajstić information content (AvgIpc) is 3.17. The Labute approximate surface area is 162 Å². The molecule has 146 valence electrons. The van der Waals surface area contributed by atoms with E-state index in [4.69, 9.17) is 0 Å². The molecule has 0 aliphatic heterocycles. The highest BCUT2D eigenvalue weighted by Gasteiger charge is 2.23. The Morgan fingerprint density at radius 2 is 1.85 bits per heavy atom. The molecule has 0 saturated heterocycles. The van der Waals surface area contributed by atoms with Crippen molar-refractivity contribution >= 4 is 5.70 Å². The molecule has 1 aromatic rings. The highest BCUT2D eigenvalue weighted by Crippen LogP contribution is 2.34. The van der Waals surface area contributed by atoms with E-state index in [-0.39, 0.29) is 0 Å². The van der Waals surface area contributed by atoms with Crippen LogP contribution in [-0.2, 0) is 6.42 Å². The number of hydrogen-bond acceptors (Lipinski definition) is 1. The van der Waals surface area contributed by atoms with E-state index in [9.17, 15) is 0 Å². The van der Waals surface area contributed by atoms with Crippen LogP contribution in [0.3, 0.4) is 0 Å². The van der Waals surface area contributed by atoms with E-state index in [1.807, 2.05) is 0 Å². The fourth-order valence-electron chi connectivity index (χ4n) is 4.41. The van der Waals surface area contributed by atoms with Crippen LogP contribution in [0, 0.1) is 12.8 Å². The Kier molecular flexibility index (Phi) is 8.25. The van der Waals surface area contributed by atoms with Crippen LogP contribution in [0.4, 0.5) is 0 Å². The predicted molar refractivity (Wildman–Crippen MR) is 116 cm³/mol. The Bertz CT molecular complexity index is 592. The molecular weight excluding hydrogens is 314 g/mol. The van der Waals surface area contributed by atoms with Gasteiger partial charge in [0.1, 0.15) is 0 Å². The summed E-state index contributed by atoms with van der Waals surface area (Å²) in [6.07, 6.45) is 10.6. The van der Waals surface area contributed by atoms with Gasteiger partial charge in [0.25, 0.3) is 0 Å². The minimum Gasteiger partial charge on any atom is -0.368 e. The highest BCUT2D eigenvalue weighted by atomic mass is 15.2. The van der Waals surface area contributed by atoms with Gasteiger partial charge in [-0.15, -0.1) is 0 Å². The molecule has 26 heavy (non-hydrogen) atoms. The van der Waals surface area contributed by atoms with Gasteiger partial charge in [-0.1, -0.05) is 64.2 Å². The monoisotopic (exact) mass is 355 g/mol. The van der Waals surface area contributed by atoms with Crippen molar-refractivity contribution in [3.05, 3.63) is 40.5 Å². The average molecular weight is 356 g/mol. The fourth-order valence-corrected chi connectivity index (χ4v) is 4.41. The van der Waals surface area contributed by atoms with Gasteiger partial charge in [0.05, 0.1) is 0 Å². The number of nitrogens with zero attached hydrogens (tertiary/aromatic N) is 1. The van der Waals surface area contributed by atoms with E-state index in [0.29, 0.717) is 6.04 Å². The first-order valence-electron chi connectivity index (χ1n) is 11.1. The van der Waals surface area contributed by atoms with Crippen LogP contribution in [-0.4, -0.2) is 17.5 Å². The second-order valence-corrected chi connectivity index (χ2v) is 8.39. The fraction of sp³-hybridized carbons (Fsp3) is 0.680. The van der Waals surface area contributed by atoms with Crippen LogP contribution in [0.1, 0.15) is 96.3 Å². The third-order valence-electron chi connectivity index (χ3n) is 6.50. The van der Waals surface area contributed by atoms with Crippen LogP contribution < -0.4 is 0 Å². The maximum atomic E-state index is 2.76. The molecule has 1 aromatic carbocycles. The van der Waals surface area contributed by atoms with Crippen molar-refractivity contribution in [2.24, 2.45) is 5.92 Å². The first-order valence-corrected chi connectivity index (χ1v) is 11.1. The second-order valence-electron chi connectivity index (χ2n) is 8.39. The molecule has 0 heterocycles. The van der Waals surface area contributed by atoms with E-state index in [2.05, 4.69) is 64.6 Å². The highest BCUT2D eigenvalue weighted by molar-refractivity contribution is 5.70. The molecule has 1 aliphatic rings. The minimum atomic E-state index is 0.595. The van der Waals surface area contributed by atoms with Gasteiger partial charge >= 0.3 is 0 Å². The molecule has 0 N–H and O–H groups in total. The van der Waals surface area contributed by atoms with E-state index in [0.717, 1.165) is 18.8 Å². The summed E-state index contributed by atoms with van der Waals surface area (Å²) in [6.45, 7) is 15.1. The summed E-state index contributed by atoms with van der Waals surface area (Å²) in [5.74, 6) is 0.952. The lowest BCUT2D eigenvalue weighted by atomic mass is 9.94. The van der Waals surface area contributed by atoms with Crippen LogP contribution in [0.5, 0.6) is 0 Å². The molecule has 0 amide bonds. The molecule has 1 atom stereocenters. The largest absolute Gasteiger partial charge is 0.368 e. The summed E-state index contributed by atoms with van der Waals surface area (Å²) in [7, 11) is 0. The second kappa shape index (κ2) is 10.2. The van der Waals surface area contributed by atoms with Gasteiger partial charge in [-0.05, 0) is 69.6 Å². The van der Waals surface area contributed by atoms with Crippen LogP contribution in [0.2, 0.25) is 0 Å². The van der Waals surface area contributed by atoms with Gasteiger partial charge in [-0.2, -0.15) is 0 Å². The van der Waals surface area contributed by atoms with Gasteiger partial charge in [0, 0.05) is 23.8 Å². The van der Waals surface area contributed by atoms with Gasteiger partial charge in [-0.25, -0.2) is 0 Å². The molecule has 1 heteroatoms. The van der Waals surface area contributed by atoms with Crippen molar-refractivity contribution in [1.82, 2.24) is 4.90 Å². The van der Waals surface area contributed by atoms with Gasteiger partial charge in [0.15, 0.2) is 0 Å². The first kappa shape index (κ1) is 21.1. The molecule has 0 spiro atoms. The summed E-state index contributed by atoms with van der Waals surface area (Å²) < 4.78 is 0. The smallest absolute Gasteiger partial charge is 0.0434 e. The summed E-state index contributed by atoms with van der Waals surface area (Å²) in [5, 5.41) is 0. The third kappa shape index (κ3) is 5.15. The lowest BCUT2D eigenvalue weighted by Gasteiger charge is -2.36. The van der Waals surface area contributed by atoms with Crippen LogP contribution in [0.25, 0.3) is 5.70 Å². The quantitative estimate of drug-likeness (QED) is 0.446. The number of hydrogen-bond donors (Lipinski definition) is 0. The van der Waals surface area contributed by atoms with Crippen LogP contribution >= 0.6 is 0 Å². The zero-order valence-corrected chi connectivity index (χ0v) is 18.2. The van der Waals surface area contributed by atoms with E-state index in [1.165, 1.54) is 73.0 Å². The standard InChI is InChI=1S/C25H41N/c1-7-20(5)25(24-18-19(4)14-15-23(24)9-3)26(21(6)8-2)17-16-22-12-10-11-13-22/h14-15,18,21-22H,7-13,16-17H2,1-6H3/b25-20-. The van der Waals surface area contributed by atoms with Gasteiger partial charge < -0.3 is 4.90 Å². The number of rotatable bonds is 9. The first-order chi connectivity index (χ1) is 12.5. The van der Waals surface area contributed by atoms with E-state index in [1.54, 1.807) is 0 Å². The molecule has 0 bridgehead atoms. The molecular formula is C25H41N. The summed E-state index contributed by atoms with van der Waals surface area (Å²) >= 11 is 0. The number of aryl methyl sites for hydroxylation is 2. The van der Waals surface area contributed by atoms with Crippen molar-refractivity contribution in [2.45, 2.75) is 99.0 Å². The van der Waals surface area contributed by atoms with Crippen molar-refractivity contribution < 1.29 is 0 Å². The van der Waals surface area contributed by atoms with E-state index < -0.39 is 0 Å². The van der Waals surface area contributed by atoms with Crippen molar-refractivity contribution in [1.29, 1.82) is 0 Å². The molecule has 1 nitrogen and oxygen atoms in total. The molecule has 1 unspecified atom stereocenters. The predicted octanol–water partition coefficient (Wildman–Crippen LogP) is 7.38. The number of benzene rings is 1. The van der Waals surface area contributed by atoms with Crippen molar-refractivity contribution in [3.8, 4) is 0 Å².